The molecule has 126 valence electrons. The molecule has 0 radical (unpaired) electrons. The fourth-order valence-electron chi connectivity index (χ4n) is 2.78. The highest BCUT2D eigenvalue weighted by Crippen LogP contribution is 2.28. The lowest BCUT2D eigenvalue weighted by molar-refractivity contribution is -0.142. The van der Waals surface area contributed by atoms with Crippen LogP contribution in [0.1, 0.15) is 32.8 Å². The van der Waals surface area contributed by atoms with Crippen LogP contribution in [0.15, 0.2) is 24.3 Å². The molecular formula is C17H22FNO4. The molecular weight excluding hydrogens is 301 g/mol. The quantitative estimate of drug-likeness (QED) is 0.928. The van der Waals surface area contributed by atoms with Gasteiger partial charge in [-0.3, -0.25) is 4.90 Å². The normalized spacial score (nSPS) is 21.3. The number of carboxylic acids is 1. The van der Waals surface area contributed by atoms with Crippen molar-refractivity contribution in [1.29, 1.82) is 0 Å². The third-order valence-corrected chi connectivity index (χ3v) is 3.74. The second-order valence-electron chi connectivity index (χ2n) is 6.92. The van der Waals surface area contributed by atoms with Gasteiger partial charge in [0.2, 0.25) is 0 Å². The third-order valence-electron chi connectivity index (χ3n) is 3.74. The Bertz CT molecular complexity index is 579. The molecule has 0 aromatic heterocycles. The van der Waals surface area contributed by atoms with E-state index in [9.17, 15) is 19.1 Å². The molecule has 0 spiro atoms. The Morgan fingerprint density at radius 1 is 1.30 bits per heavy atom. The Kier molecular flexibility index (Phi) is 4.92. The van der Waals surface area contributed by atoms with E-state index in [1.54, 1.807) is 32.9 Å². The molecule has 1 heterocycles. The smallest absolute Gasteiger partial charge is 0.411 e. The van der Waals surface area contributed by atoms with Crippen LogP contribution < -0.4 is 0 Å². The molecule has 0 aliphatic carbocycles. The molecule has 1 N–H and O–H groups in total. The lowest BCUT2D eigenvalue weighted by Gasteiger charge is -2.26. The summed E-state index contributed by atoms with van der Waals surface area (Å²) in [4.78, 5) is 24.9. The zero-order valence-electron chi connectivity index (χ0n) is 13.6. The minimum absolute atomic E-state index is 0.00841. The summed E-state index contributed by atoms with van der Waals surface area (Å²) in [7, 11) is 0. The van der Waals surface area contributed by atoms with Gasteiger partial charge in [0.1, 0.15) is 17.5 Å². The minimum atomic E-state index is -1.03. The number of benzene rings is 1. The summed E-state index contributed by atoms with van der Waals surface area (Å²) >= 11 is 0. The van der Waals surface area contributed by atoms with Gasteiger partial charge in [-0.2, -0.15) is 0 Å². The molecule has 1 unspecified atom stereocenters. The fourth-order valence-corrected chi connectivity index (χ4v) is 2.78. The van der Waals surface area contributed by atoms with Gasteiger partial charge >= 0.3 is 12.1 Å². The number of likely N-dealkylation sites (tertiary alicyclic amines) is 1. The number of carbonyl (C=O) groups is 2. The summed E-state index contributed by atoms with van der Waals surface area (Å²) < 4.78 is 18.2. The number of hydrogen-bond acceptors (Lipinski definition) is 3. The second kappa shape index (κ2) is 6.56. The average Bonchev–Trinajstić information content (AvgIpc) is 2.84. The molecule has 1 fully saturated rings. The van der Waals surface area contributed by atoms with Gasteiger partial charge in [-0.25, -0.2) is 14.0 Å². The van der Waals surface area contributed by atoms with Crippen molar-refractivity contribution >= 4 is 12.1 Å². The van der Waals surface area contributed by atoms with Gasteiger partial charge in [0.25, 0.3) is 0 Å². The number of amides is 1. The number of carbonyl (C=O) groups excluding carboxylic acids is 1. The van der Waals surface area contributed by atoms with E-state index < -0.39 is 23.7 Å². The van der Waals surface area contributed by atoms with Gasteiger partial charge in [-0.05, 0) is 57.2 Å². The van der Waals surface area contributed by atoms with E-state index >= 15 is 0 Å². The largest absolute Gasteiger partial charge is 0.480 e. The maximum atomic E-state index is 12.9. The lowest BCUT2D eigenvalue weighted by Crippen LogP contribution is -2.43. The highest BCUT2D eigenvalue weighted by molar-refractivity contribution is 5.81. The average molecular weight is 323 g/mol. The Labute approximate surface area is 135 Å². The van der Waals surface area contributed by atoms with Crippen LogP contribution in [0.5, 0.6) is 0 Å². The molecule has 0 saturated carbocycles. The second-order valence-corrected chi connectivity index (χ2v) is 6.92. The van der Waals surface area contributed by atoms with Crippen molar-refractivity contribution in [2.24, 2.45) is 5.92 Å². The van der Waals surface area contributed by atoms with Crippen LogP contribution in [-0.4, -0.2) is 40.3 Å². The van der Waals surface area contributed by atoms with Gasteiger partial charge < -0.3 is 9.84 Å². The first-order chi connectivity index (χ1) is 10.7. The fraction of sp³-hybridized carbons (Fsp3) is 0.529. The number of rotatable bonds is 3. The number of carboxylic acid groups (broad SMARTS) is 1. The summed E-state index contributed by atoms with van der Waals surface area (Å²) in [5.74, 6) is -1.33. The van der Waals surface area contributed by atoms with E-state index in [1.807, 2.05) is 0 Å². The van der Waals surface area contributed by atoms with Gasteiger partial charge in [0.15, 0.2) is 0 Å². The molecule has 2 rings (SSSR count). The lowest BCUT2D eigenvalue weighted by atomic mass is 9.97. The maximum absolute atomic E-state index is 12.9. The van der Waals surface area contributed by atoms with Crippen LogP contribution in [0.3, 0.4) is 0 Å². The molecule has 6 heteroatoms. The molecule has 5 nitrogen and oxygen atoms in total. The Morgan fingerprint density at radius 3 is 2.43 bits per heavy atom. The van der Waals surface area contributed by atoms with Crippen LogP contribution in [0.4, 0.5) is 9.18 Å². The predicted octanol–water partition coefficient (Wildman–Crippen LogP) is 3.08. The van der Waals surface area contributed by atoms with Gasteiger partial charge in [-0.15, -0.1) is 0 Å². The van der Waals surface area contributed by atoms with E-state index in [1.165, 1.54) is 17.0 Å². The topological polar surface area (TPSA) is 66.8 Å². The van der Waals surface area contributed by atoms with E-state index in [-0.39, 0.29) is 11.7 Å². The number of nitrogens with zero attached hydrogens (tertiary/aromatic N) is 1. The molecule has 2 atom stereocenters. The van der Waals surface area contributed by atoms with Crippen LogP contribution in [0.2, 0.25) is 0 Å². The van der Waals surface area contributed by atoms with Crippen molar-refractivity contribution in [3.63, 3.8) is 0 Å². The van der Waals surface area contributed by atoms with Crippen molar-refractivity contribution in [3.05, 3.63) is 35.6 Å². The molecule has 1 aromatic carbocycles. The van der Waals surface area contributed by atoms with Crippen molar-refractivity contribution in [3.8, 4) is 0 Å². The molecule has 1 aliphatic heterocycles. The maximum Gasteiger partial charge on any atom is 0.411 e. The number of ether oxygens (including phenoxy) is 1. The number of hydrogen-bond donors (Lipinski definition) is 1. The SMILES string of the molecule is CC(C)(C)OC(=O)N1CC(Cc2ccc(F)cc2)C[C@@H]1C(=O)O. The van der Waals surface area contributed by atoms with E-state index in [0.717, 1.165) is 5.56 Å². The van der Waals surface area contributed by atoms with Gasteiger partial charge in [0.05, 0.1) is 0 Å². The summed E-state index contributed by atoms with van der Waals surface area (Å²) in [5, 5.41) is 9.35. The highest BCUT2D eigenvalue weighted by Gasteiger charge is 2.41. The number of halogens is 1. The zero-order chi connectivity index (χ0) is 17.2. The van der Waals surface area contributed by atoms with Crippen LogP contribution in [-0.2, 0) is 16.0 Å². The molecule has 1 amide bonds. The van der Waals surface area contributed by atoms with Crippen molar-refractivity contribution < 1.29 is 23.8 Å². The molecule has 0 bridgehead atoms. The minimum Gasteiger partial charge on any atom is -0.480 e. The van der Waals surface area contributed by atoms with Crippen LogP contribution >= 0.6 is 0 Å². The van der Waals surface area contributed by atoms with Gasteiger partial charge in [-0.1, -0.05) is 12.1 Å². The standard InChI is InChI=1S/C17H22FNO4/c1-17(2,3)23-16(22)19-10-12(9-14(19)15(20)21)8-11-4-6-13(18)7-5-11/h4-7,12,14H,8-10H2,1-3H3,(H,20,21)/t12?,14-/m1/s1. The number of aliphatic carboxylic acids is 1. The summed E-state index contributed by atoms with van der Waals surface area (Å²) in [5.41, 5.74) is 0.251. The zero-order valence-corrected chi connectivity index (χ0v) is 13.6. The van der Waals surface area contributed by atoms with Gasteiger partial charge in [0, 0.05) is 6.54 Å². The molecule has 1 aliphatic rings. The monoisotopic (exact) mass is 323 g/mol. The first kappa shape index (κ1) is 17.2. The van der Waals surface area contributed by atoms with E-state index in [4.69, 9.17) is 4.74 Å². The first-order valence-electron chi connectivity index (χ1n) is 7.62. The van der Waals surface area contributed by atoms with Crippen LogP contribution in [0, 0.1) is 11.7 Å². The van der Waals surface area contributed by atoms with Crippen molar-refractivity contribution in [2.75, 3.05) is 6.54 Å². The summed E-state index contributed by atoms with van der Waals surface area (Å²) in [6.07, 6.45) is 0.362. The first-order valence-corrected chi connectivity index (χ1v) is 7.62. The van der Waals surface area contributed by atoms with E-state index in [2.05, 4.69) is 0 Å². The molecule has 1 aromatic rings. The predicted molar refractivity (Wildman–Crippen MR) is 82.6 cm³/mol. The van der Waals surface area contributed by atoms with Crippen molar-refractivity contribution in [2.45, 2.75) is 45.3 Å². The van der Waals surface area contributed by atoms with E-state index in [0.29, 0.717) is 19.4 Å². The van der Waals surface area contributed by atoms with Crippen molar-refractivity contribution in [1.82, 2.24) is 4.90 Å². The Morgan fingerprint density at radius 2 is 1.91 bits per heavy atom. The molecule has 1 saturated heterocycles. The summed E-state index contributed by atoms with van der Waals surface area (Å²) in [6.45, 7) is 5.55. The summed E-state index contributed by atoms with van der Waals surface area (Å²) in [6, 6.07) is 5.24. The highest BCUT2D eigenvalue weighted by atomic mass is 19.1. The van der Waals surface area contributed by atoms with Crippen LogP contribution in [0.25, 0.3) is 0 Å². The molecule has 23 heavy (non-hydrogen) atoms. The Balaban J connectivity index is 2.06. The Hall–Kier alpha value is -2.11. The third kappa shape index (κ3) is 4.68.